The number of nitrogens with one attached hydrogen (secondary N) is 1. The molecule has 4 rings (SSSR count). The van der Waals surface area contributed by atoms with Crippen LogP contribution in [0.3, 0.4) is 0 Å². The van der Waals surface area contributed by atoms with Gasteiger partial charge < -0.3 is 9.73 Å². The van der Waals surface area contributed by atoms with Crippen molar-refractivity contribution in [2.24, 2.45) is 0 Å². The lowest BCUT2D eigenvalue weighted by Gasteiger charge is -2.11. The van der Waals surface area contributed by atoms with Crippen molar-refractivity contribution in [3.05, 3.63) is 96.0 Å². The summed E-state index contributed by atoms with van der Waals surface area (Å²) < 4.78 is 20.6. The predicted octanol–water partition coefficient (Wildman–Crippen LogP) is 3.97. The standard InChI is InChI=1S/C23H21FN4O2/c24-20-8-6-17(7-9-20)21-15-26-23(30-21)11-10-22(29)25-14-18-4-1-2-5-19(18)16-28-13-3-12-27-28/h1-9,12-13,15H,10-11,14,16H2,(H,25,29). The number of rotatable bonds is 8. The number of halogens is 1. The maximum atomic E-state index is 13.0. The number of aromatic nitrogens is 3. The van der Waals surface area contributed by atoms with Gasteiger partial charge in [0.15, 0.2) is 11.7 Å². The molecule has 2 aromatic carbocycles. The number of aryl methyl sites for hydroxylation is 1. The van der Waals surface area contributed by atoms with Gasteiger partial charge >= 0.3 is 0 Å². The van der Waals surface area contributed by atoms with Crippen LogP contribution in [0.2, 0.25) is 0 Å². The van der Waals surface area contributed by atoms with Gasteiger partial charge in [0.2, 0.25) is 5.91 Å². The summed E-state index contributed by atoms with van der Waals surface area (Å²) in [7, 11) is 0. The molecule has 30 heavy (non-hydrogen) atoms. The third-order valence-electron chi connectivity index (χ3n) is 4.73. The van der Waals surface area contributed by atoms with Crippen LogP contribution in [0, 0.1) is 5.82 Å². The Hall–Kier alpha value is -3.74. The fourth-order valence-electron chi connectivity index (χ4n) is 3.13. The quantitative estimate of drug-likeness (QED) is 0.482. The second kappa shape index (κ2) is 9.17. The third-order valence-corrected chi connectivity index (χ3v) is 4.73. The van der Waals surface area contributed by atoms with Crippen molar-refractivity contribution in [3.8, 4) is 11.3 Å². The van der Waals surface area contributed by atoms with Crippen LogP contribution in [0.25, 0.3) is 11.3 Å². The number of nitrogens with zero attached hydrogens (tertiary/aromatic N) is 3. The van der Waals surface area contributed by atoms with Crippen LogP contribution in [0.4, 0.5) is 4.39 Å². The second-order valence-corrected chi connectivity index (χ2v) is 6.87. The highest BCUT2D eigenvalue weighted by atomic mass is 19.1. The Kier molecular flexibility index (Phi) is 5.98. The predicted molar refractivity (Wildman–Crippen MR) is 110 cm³/mol. The third kappa shape index (κ3) is 5.00. The first-order valence-electron chi connectivity index (χ1n) is 9.69. The zero-order valence-corrected chi connectivity index (χ0v) is 16.3. The van der Waals surface area contributed by atoms with Gasteiger partial charge in [0, 0.05) is 37.3 Å². The van der Waals surface area contributed by atoms with E-state index < -0.39 is 0 Å². The van der Waals surface area contributed by atoms with Crippen LogP contribution < -0.4 is 5.32 Å². The fraction of sp³-hybridized carbons (Fsp3) is 0.174. The minimum absolute atomic E-state index is 0.0783. The van der Waals surface area contributed by atoms with Crippen LogP contribution in [-0.2, 0) is 24.3 Å². The molecule has 1 amide bonds. The van der Waals surface area contributed by atoms with Crippen molar-refractivity contribution >= 4 is 5.91 Å². The molecule has 2 aromatic heterocycles. The highest BCUT2D eigenvalue weighted by molar-refractivity contribution is 5.76. The second-order valence-electron chi connectivity index (χ2n) is 6.87. The Balaban J connectivity index is 1.29. The van der Waals surface area contributed by atoms with Gasteiger partial charge in [-0.15, -0.1) is 0 Å². The smallest absolute Gasteiger partial charge is 0.220 e. The Morgan fingerprint density at radius 3 is 2.63 bits per heavy atom. The zero-order valence-electron chi connectivity index (χ0n) is 16.3. The van der Waals surface area contributed by atoms with Crippen molar-refractivity contribution in [1.82, 2.24) is 20.1 Å². The summed E-state index contributed by atoms with van der Waals surface area (Å²) in [5.41, 5.74) is 2.91. The molecule has 0 aliphatic rings. The minimum atomic E-state index is -0.304. The van der Waals surface area contributed by atoms with Crippen molar-refractivity contribution < 1.29 is 13.6 Å². The van der Waals surface area contributed by atoms with Crippen LogP contribution in [-0.4, -0.2) is 20.7 Å². The van der Waals surface area contributed by atoms with Gasteiger partial charge in [-0.1, -0.05) is 24.3 Å². The van der Waals surface area contributed by atoms with Crippen LogP contribution in [0.15, 0.2) is 77.6 Å². The molecule has 0 radical (unpaired) electrons. The summed E-state index contributed by atoms with van der Waals surface area (Å²) >= 11 is 0. The summed E-state index contributed by atoms with van der Waals surface area (Å²) in [5.74, 6) is 0.647. The number of amides is 1. The van der Waals surface area contributed by atoms with Gasteiger partial charge in [-0.05, 0) is 41.5 Å². The Bertz CT molecular complexity index is 1100. The molecule has 0 spiro atoms. The van der Waals surface area contributed by atoms with E-state index in [1.54, 1.807) is 24.5 Å². The maximum absolute atomic E-state index is 13.0. The number of carbonyl (C=O) groups is 1. The highest BCUT2D eigenvalue weighted by Gasteiger charge is 2.10. The molecule has 6 nitrogen and oxygen atoms in total. The first-order chi connectivity index (χ1) is 14.7. The van der Waals surface area contributed by atoms with Gasteiger partial charge in [0.05, 0.1) is 12.7 Å². The number of hydrogen-bond donors (Lipinski definition) is 1. The van der Waals surface area contributed by atoms with E-state index in [-0.39, 0.29) is 18.1 Å². The van der Waals surface area contributed by atoms with Crippen molar-refractivity contribution in [2.75, 3.05) is 0 Å². The fourth-order valence-corrected chi connectivity index (χ4v) is 3.13. The zero-order chi connectivity index (χ0) is 20.8. The van der Waals surface area contributed by atoms with Crippen molar-refractivity contribution in [2.45, 2.75) is 25.9 Å². The molecule has 152 valence electrons. The van der Waals surface area contributed by atoms with Gasteiger partial charge in [-0.25, -0.2) is 9.37 Å². The van der Waals surface area contributed by atoms with Gasteiger partial charge in [0.25, 0.3) is 0 Å². The Labute approximate surface area is 173 Å². The van der Waals surface area contributed by atoms with E-state index in [4.69, 9.17) is 4.42 Å². The molecule has 1 N–H and O–H groups in total. The molecule has 4 aromatic rings. The normalized spacial score (nSPS) is 10.8. The topological polar surface area (TPSA) is 73.0 Å². The lowest BCUT2D eigenvalue weighted by atomic mass is 10.1. The first-order valence-corrected chi connectivity index (χ1v) is 9.69. The van der Waals surface area contributed by atoms with E-state index >= 15 is 0 Å². The van der Waals surface area contributed by atoms with E-state index in [1.165, 1.54) is 12.1 Å². The molecule has 0 fully saturated rings. The van der Waals surface area contributed by atoms with Crippen LogP contribution in [0.5, 0.6) is 0 Å². The van der Waals surface area contributed by atoms with Gasteiger partial charge in [0.1, 0.15) is 5.82 Å². The Morgan fingerprint density at radius 1 is 1.07 bits per heavy atom. The summed E-state index contributed by atoms with van der Waals surface area (Å²) in [4.78, 5) is 16.5. The molecule has 0 aliphatic carbocycles. The molecule has 0 saturated carbocycles. The average Bonchev–Trinajstić information content (AvgIpc) is 3.44. The number of oxazole rings is 1. The van der Waals surface area contributed by atoms with E-state index in [0.717, 1.165) is 16.7 Å². The molecular weight excluding hydrogens is 383 g/mol. The average molecular weight is 404 g/mol. The molecule has 0 saturated heterocycles. The highest BCUT2D eigenvalue weighted by Crippen LogP contribution is 2.21. The van der Waals surface area contributed by atoms with Crippen molar-refractivity contribution in [3.63, 3.8) is 0 Å². The largest absolute Gasteiger partial charge is 0.441 e. The number of carbonyl (C=O) groups excluding carboxylic acids is 1. The molecule has 0 aliphatic heterocycles. The minimum Gasteiger partial charge on any atom is -0.441 e. The summed E-state index contributed by atoms with van der Waals surface area (Å²) in [6.07, 6.45) is 5.90. The SMILES string of the molecule is O=C(CCc1ncc(-c2ccc(F)cc2)o1)NCc1ccccc1Cn1cccn1. The van der Waals surface area contributed by atoms with Gasteiger partial charge in [-0.3, -0.25) is 9.48 Å². The lowest BCUT2D eigenvalue weighted by molar-refractivity contribution is -0.121. The van der Waals surface area contributed by atoms with Crippen LogP contribution in [0.1, 0.15) is 23.4 Å². The molecule has 0 atom stereocenters. The first kappa shape index (κ1) is 19.6. The molecule has 0 bridgehead atoms. The summed E-state index contributed by atoms with van der Waals surface area (Å²) in [5, 5.41) is 7.19. The van der Waals surface area contributed by atoms with Crippen LogP contribution >= 0.6 is 0 Å². The summed E-state index contributed by atoms with van der Waals surface area (Å²) in [6.45, 7) is 1.10. The molecule has 7 heteroatoms. The molecule has 2 heterocycles. The van der Waals surface area contributed by atoms with Gasteiger partial charge in [-0.2, -0.15) is 5.10 Å². The number of hydrogen-bond acceptors (Lipinski definition) is 4. The molecular formula is C23H21FN4O2. The summed E-state index contributed by atoms with van der Waals surface area (Å²) in [6, 6.07) is 15.9. The van der Waals surface area contributed by atoms with E-state index in [0.29, 0.717) is 31.2 Å². The van der Waals surface area contributed by atoms with E-state index in [9.17, 15) is 9.18 Å². The van der Waals surface area contributed by atoms with Crippen molar-refractivity contribution in [1.29, 1.82) is 0 Å². The molecule has 0 unspecified atom stereocenters. The maximum Gasteiger partial charge on any atom is 0.220 e. The van der Waals surface area contributed by atoms with E-state index in [2.05, 4.69) is 15.4 Å². The lowest BCUT2D eigenvalue weighted by Crippen LogP contribution is -2.24. The number of benzene rings is 2. The monoisotopic (exact) mass is 404 g/mol. The Morgan fingerprint density at radius 2 is 1.87 bits per heavy atom. The van der Waals surface area contributed by atoms with E-state index in [1.807, 2.05) is 41.2 Å².